The summed E-state index contributed by atoms with van der Waals surface area (Å²) in [5.41, 5.74) is 0.932. The predicted octanol–water partition coefficient (Wildman–Crippen LogP) is 3.94. The Hall–Kier alpha value is -3.21. The lowest BCUT2D eigenvalue weighted by Gasteiger charge is -2.25. The molecule has 0 aromatic carbocycles. The van der Waals surface area contributed by atoms with Gasteiger partial charge < -0.3 is 14.8 Å². The highest BCUT2D eigenvalue weighted by molar-refractivity contribution is 6.08. The van der Waals surface area contributed by atoms with E-state index < -0.39 is 18.0 Å². The summed E-state index contributed by atoms with van der Waals surface area (Å²) in [6.07, 6.45) is 7.15. The minimum absolute atomic E-state index is 0.00898. The maximum atomic E-state index is 13.7. The lowest BCUT2D eigenvalue weighted by molar-refractivity contribution is -0.112. The van der Waals surface area contributed by atoms with Crippen LogP contribution in [0.4, 0.5) is 14.5 Å². The highest BCUT2D eigenvalue weighted by Gasteiger charge is 2.27. The number of rotatable bonds is 6. The number of alkyl halides is 2. The quantitative estimate of drug-likeness (QED) is 0.545. The monoisotopic (exact) mass is 472 g/mol. The Morgan fingerprint density at radius 1 is 1.18 bits per heavy atom. The molecule has 180 valence electrons. The van der Waals surface area contributed by atoms with Crippen LogP contribution in [0, 0.1) is 5.92 Å². The van der Waals surface area contributed by atoms with E-state index in [1.165, 1.54) is 21.6 Å². The maximum Gasteiger partial charge on any atom is 0.284 e. The van der Waals surface area contributed by atoms with Crippen molar-refractivity contribution in [3.05, 3.63) is 41.6 Å². The van der Waals surface area contributed by atoms with Crippen LogP contribution in [0.1, 0.15) is 78.7 Å². The van der Waals surface area contributed by atoms with Crippen molar-refractivity contribution in [2.75, 3.05) is 18.5 Å². The summed E-state index contributed by atoms with van der Waals surface area (Å²) in [6.45, 7) is 1.34. The molecule has 11 heteroatoms. The number of fused-ring (bicyclic) bond motifs is 1. The van der Waals surface area contributed by atoms with E-state index >= 15 is 0 Å². The smallest absolute Gasteiger partial charge is 0.284 e. The number of amides is 1. The normalized spacial score (nSPS) is 21.7. The maximum absolute atomic E-state index is 13.7. The first-order valence-electron chi connectivity index (χ1n) is 11.6. The topological polar surface area (TPSA) is 103 Å². The molecule has 3 aromatic rings. The van der Waals surface area contributed by atoms with Crippen molar-refractivity contribution in [3.8, 4) is 0 Å². The number of halogens is 2. The first kappa shape index (κ1) is 22.6. The van der Waals surface area contributed by atoms with Gasteiger partial charge in [0.25, 0.3) is 12.3 Å². The molecule has 1 aliphatic carbocycles. The average Bonchev–Trinajstić information content (AvgIpc) is 3.49. The van der Waals surface area contributed by atoms with E-state index in [0.717, 1.165) is 24.8 Å². The van der Waals surface area contributed by atoms with Gasteiger partial charge in [-0.1, -0.05) is 0 Å². The molecule has 1 N–H and O–H groups in total. The number of aldehydes is 1. The Kier molecular flexibility index (Phi) is 6.36. The molecular formula is C23H26F2N6O3. The molecule has 0 atom stereocenters. The largest absolute Gasteiger partial charge is 0.381 e. The number of ether oxygens (including phenoxy) is 1. The van der Waals surface area contributed by atoms with Crippen LogP contribution in [0.5, 0.6) is 0 Å². The van der Waals surface area contributed by atoms with Gasteiger partial charge in [0.15, 0.2) is 11.3 Å². The molecule has 3 aromatic heterocycles. The molecule has 4 heterocycles. The zero-order chi connectivity index (χ0) is 23.7. The van der Waals surface area contributed by atoms with Crippen molar-refractivity contribution in [1.82, 2.24) is 24.4 Å². The molecule has 0 radical (unpaired) electrons. The summed E-state index contributed by atoms with van der Waals surface area (Å²) in [7, 11) is 0. The number of anilines is 1. The summed E-state index contributed by atoms with van der Waals surface area (Å²) in [4.78, 5) is 28.7. The van der Waals surface area contributed by atoms with Gasteiger partial charge in [0.05, 0.1) is 17.9 Å². The third kappa shape index (κ3) is 4.44. The van der Waals surface area contributed by atoms with E-state index in [4.69, 9.17) is 4.74 Å². The number of hydrogen-bond acceptors (Lipinski definition) is 6. The molecule has 9 nitrogen and oxygen atoms in total. The SMILES string of the molecule is O=CC1CCC(n2cc(NC(=O)c3cnn4ccc(C5CCOCC5)nc34)c(C(F)F)n2)CC1. The van der Waals surface area contributed by atoms with Crippen LogP contribution < -0.4 is 5.32 Å². The molecule has 2 aliphatic rings. The second kappa shape index (κ2) is 9.57. The molecule has 2 fully saturated rings. The minimum Gasteiger partial charge on any atom is -0.381 e. The molecule has 1 amide bonds. The Balaban J connectivity index is 1.38. The van der Waals surface area contributed by atoms with E-state index in [-0.39, 0.29) is 29.1 Å². The molecule has 0 bridgehead atoms. The van der Waals surface area contributed by atoms with Crippen LogP contribution in [0.25, 0.3) is 5.65 Å². The van der Waals surface area contributed by atoms with Gasteiger partial charge in [-0.15, -0.1) is 0 Å². The zero-order valence-electron chi connectivity index (χ0n) is 18.6. The average molecular weight is 472 g/mol. The van der Waals surface area contributed by atoms with Gasteiger partial charge in [-0.2, -0.15) is 10.2 Å². The van der Waals surface area contributed by atoms with E-state index in [0.29, 0.717) is 44.5 Å². The van der Waals surface area contributed by atoms with Crippen molar-refractivity contribution < 1.29 is 23.1 Å². The summed E-state index contributed by atoms with van der Waals surface area (Å²) in [5, 5.41) is 10.9. The zero-order valence-corrected chi connectivity index (χ0v) is 18.6. The first-order chi connectivity index (χ1) is 16.5. The molecular weight excluding hydrogens is 446 g/mol. The van der Waals surface area contributed by atoms with Gasteiger partial charge in [0.2, 0.25) is 0 Å². The molecule has 1 saturated heterocycles. The highest BCUT2D eigenvalue weighted by Crippen LogP contribution is 2.34. The Morgan fingerprint density at radius 2 is 1.94 bits per heavy atom. The lowest BCUT2D eigenvalue weighted by atomic mass is 9.87. The fourth-order valence-corrected chi connectivity index (χ4v) is 4.81. The molecule has 0 spiro atoms. The van der Waals surface area contributed by atoms with E-state index in [1.807, 2.05) is 6.07 Å². The number of hydrogen-bond donors (Lipinski definition) is 1. The molecule has 34 heavy (non-hydrogen) atoms. The van der Waals surface area contributed by atoms with Crippen molar-refractivity contribution >= 4 is 23.5 Å². The fraction of sp³-hybridized carbons (Fsp3) is 0.522. The number of nitrogens with one attached hydrogen (secondary N) is 1. The molecule has 0 unspecified atom stereocenters. The lowest BCUT2D eigenvalue weighted by Crippen LogP contribution is -2.19. The second-order valence-electron chi connectivity index (χ2n) is 8.93. The van der Waals surface area contributed by atoms with Crippen LogP contribution in [-0.2, 0) is 9.53 Å². The molecule has 1 saturated carbocycles. The summed E-state index contributed by atoms with van der Waals surface area (Å²) in [6, 6.07) is 1.80. The van der Waals surface area contributed by atoms with Crippen molar-refractivity contribution in [1.29, 1.82) is 0 Å². The van der Waals surface area contributed by atoms with Crippen LogP contribution in [0.2, 0.25) is 0 Å². The molecule has 5 rings (SSSR count). The third-order valence-corrected chi connectivity index (χ3v) is 6.80. The Bertz CT molecular complexity index is 1180. The van der Waals surface area contributed by atoms with Crippen LogP contribution in [0.3, 0.4) is 0 Å². The number of carbonyl (C=O) groups excluding carboxylic acids is 2. The van der Waals surface area contributed by atoms with E-state index in [2.05, 4.69) is 20.5 Å². The number of aromatic nitrogens is 5. The van der Waals surface area contributed by atoms with Crippen LogP contribution in [-0.4, -0.2) is 49.8 Å². The van der Waals surface area contributed by atoms with Gasteiger partial charge in [0, 0.05) is 43.1 Å². The van der Waals surface area contributed by atoms with Gasteiger partial charge in [-0.25, -0.2) is 18.3 Å². The first-order valence-corrected chi connectivity index (χ1v) is 11.6. The summed E-state index contributed by atoms with van der Waals surface area (Å²) < 4.78 is 35.8. The highest BCUT2D eigenvalue weighted by atomic mass is 19.3. The number of carbonyl (C=O) groups is 2. The van der Waals surface area contributed by atoms with Crippen molar-refractivity contribution in [3.63, 3.8) is 0 Å². The minimum atomic E-state index is -2.84. The van der Waals surface area contributed by atoms with E-state index in [1.54, 1.807) is 6.20 Å². The van der Waals surface area contributed by atoms with Gasteiger partial charge in [0.1, 0.15) is 11.8 Å². The standard InChI is InChI=1S/C23H26F2N6O3/c24-21(25)20-19(12-31(29-20)16-3-1-14(13-32)2-4-16)28-23(33)17-11-26-30-8-5-18(27-22(17)30)15-6-9-34-10-7-15/h5,8,11-16,21H,1-4,6-7,9-10H2,(H,28,33). The second-order valence-corrected chi connectivity index (χ2v) is 8.93. The fourth-order valence-electron chi connectivity index (χ4n) is 4.81. The van der Waals surface area contributed by atoms with Gasteiger partial charge in [-0.3, -0.25) is 9.48 Å². The molecule has 1 aliphatic heterocycles. The van der Waals surface area contributed by atoms with Crippen molar-refractivity contribution in [2.24, 2.45) is 5.92 Å². The van der Waals surface area contributed by atoms with Crippen molar-refractivity contribution in [2.45, 2.75) is 56.9 Å². The van der Waals surface area contributed by atoms with Gasteiger partial charge in [-0.05, 0) is 44.6 Å². The predicted molar refractivity (Wildman–Crippen MR) is 118 cm³/mol. The van der Waals surface area contributed by atoms with Gasteiger partial charge >= 0.3 is 0 Å². The third-order valence-electron chi connectivity index (χ3n) is 6.80. The summed E-state index contributed by atoms with van der Waals surface area (Å²) in [5.74, 6) is -0.324. The van der Waals surface area contributed by atoms with Crippen LogP contribution in [0.15, 0.2) is 24.7 Å². The Morgan fingerprint density at radius 3 is 2.65 bits per heavy atom. The van der Waals surface area contributed by atoms with Crippen LogP contribution >= 0.6 is 0 Å². The Labute approximate surface area is 194 Å². The number of nitrogens with zero attached hydrogens (tertiary/aromatic N) is 5. The summed E-state index contributed by atoms with van der Waals surface area (Å²) >= 11 is 0. The van der Waals surface area contributed by atoms with E-state index in [9.17, 15) is 18.4 Å².